The molecular weight excluding hydrogens is 415 g/mol. The first kappa shape index (κ1) is 21.5. The molecule has 0 bridgehead atoms. The molecule has 1 fully saturated rings. The van der Waals surface area contributed by atoms with Gasteiger partial charge in [0.25, 0.3) is 11.5 Å². The number of halogens is 1. The van der Waals surface area contributed by atoms with Gasteiger partial charge in [0.05, 0.1) is 17.1 Å². The number of aromatic nitrogens is 3. The Kier molecular flexibility index (Phi) is 5.41. The van der Waals surface area contributed by atoms with E-state index in [9.17, 15) is 18.8 Å². The predicted molar refractivity (Wildman–Crippen MR) is 116 cm³/mol. The average molecular weight is 438 g/mol. The molecule has 9 heteroatoms. The van der Waals surface area contributed by atoms with Gasteiger partial charge in [-0.25, -0.2) is 9.18 Å². The highest BCUT2D eigenvalue weighted by Crippen LogP contribution is 2.29. The number of fused-ring (bicyclic) bond motifs is 1. The molecule has 4 rings (SSSR count). The Morgan fingerprint density at radius 3 is 2.47 bits per heavy atom. The molecule has 8 nitrogen and oxygen atoms in total. The van der Waals surface area contributed by atoms with E-state index in [1.165, 1.54) is 18.3 Å². The van der Waals surface area contributed by atoms with Crippen LogP contribution in [0.5, 0.6) is 0 Å². The van der Waals surface area contributed by atoms with E-state index in [-0.39, 0.29) is 23.3 Å². The molecule has 1 atom stereocenters. The standard InChI is InChI=1S/C23H23FN4O4/c1-11(2)15(9-20-22(30)27-23(31)32-20)14-5-6-18(26-21(14)29)13-7-17(24)16-10-25-28(12(3)4)19(16)8-13/h5-12,15H,1-4H3,(H,26,29)(H,27,30,31)/b20-9-. The van der Waals surface area contributed by atoms with E-state index < -0.39 is 23.7 Å². The van der Waals surface area contributed by atoms with Crippen LogP contribution in [0.15, 0.2) is 47.1 Å². The van der Waals surface area contributed by atoms with Gasteiger partial charge in [-0.15, -0.1) is 0 Å². The fraction of sp³-hybridized carbons (Fsp3) is 0.304. The number of alkyl carbamates (subject to hydrolysis) is 1. The molecule has 1 aromatic carbocycles. The summed E-state index contributed by atoms with van der Waals surface area (Å²) in [5.74, 6) is -1.73. The number of H-pyrrole nitrogens is 1. The van der Waals surface area contributed by atoms with E-state index in [1.54, 1.807) is 22.9 Å². The Hall–Kier alpha value is -3.75. The number of rotatable bonds is 5. The van der Waals surface area contributed by atoms with E-state index in [0.29, 0.717) is 27.7 Å². The van der Waals surface area contributed by atoms with E-state index in [4.69, 9.17) is 4.74 Å². The number of cyclic esters (lactones) is 1. The highest BCUT2D eigenvalue weighted by Gasteiger charge is 2.29. The number of carbonyl (C=O) groups excluding carboxylic acids is 2. The van der Waals surface area contributed by atoms with Crippen LogP contribution in [0.1, 0.15) is 45.2 Å². The molecule has 166 valence electrons. The summed E-state index contributed by atoms with van der Waals surface area (Å²) in [6.07, 6.45) is 2.13. The Labute approximate surface area is 183 Å². The van der Waals surface area contributed by atoms with Gasteiger partial charge < -0.3 is 9.72 Å². The lowest BCUT2D eigenvalue weighted by molar-refractivity contribution is -0.116. The van der Waals surface area contributed by atoms with E-state index in [2.05, 4.69) is 10.1 Å². The van der Waals surface area contributed by atoms with Gasteiger partial charge in [-0.05, 0) is 44.0 Å². The first-order valence-electron chi connectivity index (χ1n) is 10.3. The van der Waals surface area contributed by atoms with Crippen LogP contribution in [0.2, 0.25) is 0 Å². The van der Waals surface area contributed by atoms with E-state index in [1.807, 2.05) is 33.0 Å². The van der Waals surface area contributed by atoms with Crippen LogP contribution in [0.4, 0.5) is 9.18 Å². The van der Waals surface area contributed by atoms with Gasteiger partial charge in [-0.1, -0.05) is 19.9 Å². The quantitative estimate of drug-likeness (QED) is 0.586. The molecule has 0 spiro atoms. The lowest BCUT2D eigenvalue weighted by atomic mass is 9.88. The first-order chi connectivity index (χ1) is 15.2. The number of hydrogen-bond acceptors (Lipinski definition) is 5. The number of carbonyl (C=O) groups is 2. The van der Waals surface area contributed by atoms with Crippen molar-refractivity contribution in [3.05, 3.63) is 64.0 Å². The zero-order chi connectivity index (χ0) is 23.2. The van der Waals surface area contributed by atoms with Crippen molar-refractivity contribution in [2.45, 2.75) is 39.7 Å². The highest BCUT2D eigenvalue weighted by atomic mass is 19.1. The number of allylic oxidation sites excluding steroid dienone is 1. The second-order valence-corrected chi connectivity index (χ2v) is 8.37. The van der Waals surface area contributed by atoms with Gasteiger partial charge in [-0.3, -0.25) is 19.6 Å². The monoisotopic (exact) mass is 438 g/mol. The molecule has 1 saturated heterocycles. The summed E-state index contributed by atoms with van der Waals surface area (Å²) < 4.78 is 21.3. The van der Waals surface area contributed by atoms with Crippen molar-refractivity contribution < 1.29 is 18.7 Å². The number of nitrogens with one attached hydrogen (secondary N) is 2. The van der Waals surface area contributed by atoms with Crippen LogP contribution in [0.3, 0.4) is 0 Å². The topological polar surface area (TPSA) is 106 Å². The van der Waals surface area contributed by atoms with Gasteiger partial charge in [0.15, 0.2) is 5.76 Å². The molecule has 3 heterocycles. The van der Waals surface area contributed by atoms with Crippen molar-refractivity contribution in [3.63, 3.8) is 0 Å². The normalized spacial score (nSPS) is 16.3. The second kappa shape index (κ2) is 8.07. The lowest BCUT2D eigenvalue weighted by Crippen LogP contribution is -2.21. The minimum absolute atomic E-state index is 0.0466. The summed E-state index contributed by atoms with van der Waals surface area (Å²) in [6, 6.07) is 6.55. The average Bonchev–Trinajstić information content (AvgIpc) is 3.29. The van der Waals surface area contributed by atoms with Crippen LogP contribution >= 0.6 is 0 Å². The molecule has 2 amide bonds. The summed E-state index contributed by atoms with van der Waals surface area (Å²) in [5, 5.41) is 6.71. The summed E-state index contributed by atoms with van der Waals surface area (Å²) in [6.45, 7) is 7.69. The van der Waals surface area contributed by atoms with E-state index in [0.717, 1.165) is 0 Å². The number of pyridine rings is 1. The third-order valence-electron chi connectivity index (χ3n) is 5.46. The maximum Gasteiger partial charge on any atom is 0.419 e. The molecule has 2 N–H and O–H groups in total. The third kappa shape index (κ3) is 3.81. The van der Waals surface area contributed by atoms with Crippen LogP contribution in [-0.2, 0) is 9.53 Å². The molecule has 0 aliphatic carbocycles. The summed E-state index contributed by atoms with van der Waals surface area (Å²) in [5.41, 5.74) is 1.64. The van der Waals surface area contributed by atoms with Crippen LogP contribution in [-0.4, -0.2) is 26.8 Å². The van der Waals surface area contributed by atoms with Crippen molar-refractivity contribution in [2.75, 3.05) is 0 Å². The van der Waals surface area contributed by atoms with Crippen molar-refractivity contribution in [3.8, 4) is 11.3 Å². The van der Waals surface area contributed by atoms with Crippen molar-refractivity contribution in [2.24, 2.45) is 5.92 Å². The summed E-state index contributed by atoms with van der Waals surface area (Å²) in [7, 11) is 0. The van der Waals surface area contributed by atoms with Gasteiger partial charge in [0.2, 0.25) is 0 Å². The third-order valence-corrected chi connectivity index (χ3v) is 5.46. The molecule has 2 aromatic heterocycles. The molecular formula is C23H23FN4O4. The number of nitrogens with zero attached hydrogens (tertiary/aromatic N) is 2. The molecule has 1 aliphatic rings. The zero-order valence-corrected chi connectivity index (χ0v) is 18.1. The maximum atomic E-state index is 14.7. The molecule has 32 heavy (non-hydrogen) atoms. The molecule has 1 aliphatic heterocycles. The maximum absolute atomic E-state index is 14.7. The number of aromatic amines is 1. The molecule has 3 aromatic rings. The van der Waals surface area contributed by atoms with E-state index >= 15 is 0 Å². The lowest BCUT2D eigenvalue weighted by Gasteiger charge is -2.17. The van der Waals surface area contributed by atoms with Gasteiger partial charge in [-0.2, -0.15) is 5.10 Å². The number of imide groups is 1. The highest BCUT2D eigenvalue weighted by molar-refractivity contribution is 6.07. The number of ether oxygens (including phenoxy) is 1. The van der Waals surface area contributed by atoms with Crippen molar-refractivity contribution in [1.82, 2.24) is 20.1 Å². The second-order valence-electron chi connectivity index (χ2n) is 8.37. The van der Waals surface area contributed by atoms with Crippen LogP contribution in [0.25, 0.3) is 22.2 Å². The van der Waals surface area contributed by atoms with Gasteiger partial charge in [0.1, 0.15) is 5.82 Å². The Balaban J connectivity index is 1.75. The minimum Gasteiger partial charge on any atom is -0.404 e. The summed E-state index contributed by atoms with van der Waals surface area (Å²) >= 11 is 0. The molecule has 0 saturated carbocycles. The van der Waals surface area contributed by atoms with Crippen molar-refractivity contribution >= 4 is 22.9 Å². The Bertz CT molecular complexity index is 1320. The Morgan fingerprint density at radius 2 is 1.88 bits per heavy atom. The molecule has 1 unspecified atom stereocenters. The van der Waals surface area contributed by atoms with Gasteiger partial charge in [0, 0.05) is 28.8 Å². The Morgan fingerprint density at radius 1 is 1.12 bits per heavy atom. The number of hydrogen-bond donors (Lipinski definition) is 2. The fourth-order valence-electron chi connectivity index (χ4n) is 3.83. The van der Waals surface area contributed by atoms with Crippen molar-refractivity contribution in [1.29, 1.82) is 0 Å². The predicted octanol–water partition coefficient (Wildman–Crippen LogP) is 4.00. The number of amides is 2. The van der Waals surface area contributed by atoms with Crippen LogP contribution in [0, 0.1) is 11.7 Å². The fourth-order valence-corrected chi connectivity index (χ4v) is 3.83. The van der Waals surface area contributed by atoms with Crippen LogP contribution < -0.4 is 10.9 Å². The van der Waals surface area contributed by atoms with Gasteiger partial charge >= 0.3 is 6.09 Å². The first-order valence-corrected chi connectivity index (χ1v) is 10.3. The molecule has 0 radical (unpaired) electrons. The SMILES string of the molecule is CC(C)C(/C=C1\OC(=O)NC1=O)c1ccc(-c2cc(F)c3cnn(C(C)C)c3c2)[nH]c1=O. The largest absolute Gasteiger partial charge is 0.419 e. The minimum atomic E-state index is -0.842. The zero-order valence-electron chi connectivity index (χ0n) is 18.1. The summed E-state index contributed by atoms with van der Waals surface area (Å²) in [4.78, 5) is 38.9. The smallest absolute Gasteiger partial charge is 0.404 e. The number of benzene rings is 1.